The Kier molecular flexibility index (Phi) is 7.41. The third-order valence-electron chi connectivity index (χ3n) is 2.06. The summed E-state index contributed by atoms with van der Waals surface area (Å²) in [5, 5.41) is 2.99. The molecule has 0 aliphatic heterocycles. The average molecular weight is 182 g/mol. The summed E-state index contributed by atoms with van der Waals surface area (Å²) in [7, 11) is 1.88. The van der Waals surface area contributed by atoms with Crippen LogP contribution in [0.25, 0.3) is 0 Å². The molecule has 0 spiro atoms. The number of allylic oxidation sites excluding steroid dienone is 2. The molecule has 0 aromatic carbocycles. The van der Waals surface area contributed by atoms with Gasteiger partial charge in [-0.1, -0.05) is 26.0 Å². The Balaban J connectivity index is 3.54. The summed E-state index contributed by atoms with van der Waals surface area (Å²) < 4.78 is 0. The molecule has 2 heteroatoms. The average Bonchev–Trinajstić information content (AvgIpc) is 2.14. The number of hydrogen-bond acceptors (Lipinski definition) is 2. The van der Waals surface area contributed by atoms with E-state index in [4.69, 9.17) is 5.73 Å². The topological polar surface area (TPSA) is 38.0 Å². The van der Waals surface area contributed by atoms with Crippen LogP contribution in [0.3, 0.4) is 0 Å². The Morgan fingerprint density at radius 2 is 2.23 bits per heavy atom. The molecule has 0 fully saturated rings. The summed E-state index contributed by atoms with van der Waals surface area (Å²) in [5.74, 6) is 0.622. The highest BCUT2D eigenvalue weighted by atomic mass is 14.8. The van der Waals surface area contributed by atoms with Gasteiger partial charge in [-0.15, -0.1) is 0 Å². The summed E-state index contributed by atoms with van der Waals surface area (Å²) in [6.45, 7) is 6.85. The summed E-state index contributed by atoms with van der Waals surface area (Å²) >= 11 is 0. The molecule has 0 aliphatic carbocycles. The normalized spacial score (nSPS) is 13.2. The van der Waals surface area contributed by atoms with Gasteiger partial charge < -0.3 is 11.1 Å². The van der Waals surface area contributed by atoms with Gasteiger partial charge in [0.2, 0.25) is 0 Å². The minimum absolute atomic E-state index is 0.622. The fraction of sp³-hybridized carbons (Fsp3) is 0.636. The van der Waals surface area contributed by atoms with Crippen molar-refractivity contribution in [2.24, 2.45) is 11.7 Å². The van der Waals surface area contributed by atoms with E-state index in [0.29, 0.717) is 5.92 Å². The maximum absolute atomic E-state index is 5.42. The second kappa shape index (κ2) is 7.87. The molecule has 13 heavy (non-hydrogen) atoms. The number of hydrogen-bond donors (Lipinski definition) is 2. The van der Waals surface area contributed by atoms with Gasteiger partial charge in [0.15, 0.2) is 0 Å². The van der Waals surface area contributed by atoms with Crippen molar-refractivity contribution in [2.45, 2.75) is 26.2 Å². The Morgan fingerprint density at radius 3 is 2.77 bits per heavy atom. The minimum Gasteiger partial charge on any atom is -0.389 e. The number of unbranched alkanes of at least 4 members (excludes halogenated alkanes) is 1. The first-order valence-corrected chi connectivity index (χ1v) is 4.95. The number of nitrogens with one attached hydrogen (secondary N) is 1. The van der Waals surface area contributed by atoms with Gasteiger partial charge in [-0.05, 0) is 31.4 Å². The highest BCUT2D eigenvalue weighted by Gasteiger charge is 1.95. The van der Waals surface area contributed by atoms with Gasteiger partial charge in [-0.25, -0.2) is 0 Å². The fourth-order valence-electron chi connectivity index (χ4n) is 1.07. The summed E-state index contributed by atoms with van der Waals surface area (Å²) in [6, 6.07) is 0. The largest absolute Gasteiger partial charge is 0.389 e. The zero-order valence-corrected chi connectivity index (χ0v) is 8.84. The highest BCUT2D eigenvalue weighted by molar-refractivity contribution is 5.12. The molecule has 0 bridgehead atoms. The minimum atomic E-state index is 0.622. The summed E-state index contributed by atoms with van der Waals surface area (Å²) in [4.78, 5) is 0. The predicted octanol–water partition coefficient (Wildman–Crippen LogP) is 2.04. The lowest BCUT2D eigenvalue weighted by Gasteiger charge is -2.05. The van der Waals surface area contributed by atoms with Crippen LogP contribution in [0.2, 0.25) is 0 Å². The lowest BCUT2D eigenvalue weighted by Crippen LogP contribution is -2.02. The van der Waals surface area contributed by atoms with E-state index < -0.39 is 0 Å². The summed E-state index contributed by atoms with van der Waals surface area (Å²) in [5.41, 5.74) is 6.38. The molecule has 0 saturated heterocycles. The molecule has 1 unspecified atom stereocenters. The van der Waals surface area contributed by atoms with Crippen LogP contribution in [0, 0.1) is 5.92 Å². The van der Waals surface area contributed by atoms with Gasteiger partial charge in [0.1, 0.15) is 0 Å². The van der Waals surface area contributed by atoms with E-state index in [1.807, 2.05) is 13.1 Å². The van der Waals surface area contributed by atoms with Gasteiger partial charge in [-0.2, -0.15) is 0 Å². The molecule has 0 heterocycles. The number of likely N-dealkylation sites (N-methyl/N-ethyl adjacent to an activating group) is 1. The van der Waals surface area contributed by atoms with Crippen LogP contribution in [0.5, 0.6) is 0 Å². The Bertz CT molecular complexity index is 161. The molecule has 2 nitrogen and oxygen atoms in total. The second-order valence-electron chi connectivity index (χ2n) is 3.40. The molecule has 0 rings (SSSR count). The fourth-order valence-corrected chi connectivity index (χ4v) is 1.07. The third kappa shape index (κ3) is 7.60. The van der Waals surface area contributed by atoms with Crippen molar-refractivity contribution >= 4 is 0 Å². The van der Waals surface area contributed by atoms with E-state index in [9.17, 15) is 0 Å². The highest BCUT2D eigenvalue weighted by Crippen LogP contribution is 2.09. The van der Waals surface area contributed by atoms with Crippen molar-refractivity contribution in [3.05, 3.63) is 24.4 Å². The molecule has 0 aliphatic rings. The van der Waals surface area contributed by atoms with E-state index in [1.165, 1.54) is 12.8 Å². The lowest BCUT2D eigenvalue weighted by atomic mass is 10.0. The molecule has 0 aromatic heterocycles. The van der Waals surface area contributed by atoms with E-state index in [-0.39, 0.29) is 0 Å². The van der Waals surface area contributed by atoms with Crippen molar-refractivity contribution < 1.29 is 0 Å². The van der Waals surface area contributed by atoms with E-state index in [0.717, 1.165) is 18.7 Å². The Hall–Kier alpha value is -0.760. The molecule has 0 saturated carbocycles. The molecule has 3 N–H and O–H groups in total. The first kappa shape index (κ1) is 12.2. The van der Waals surface area contributed by atoms with Crippen LogP contribution in [0.15, 0.2) is 24.4 Å². The molecule has 1 atom stereocenters. The van der Waals surface area contributed by atoms with E-state index in [2.05, 4.69) is 24.9 Å². The van der Waals surface area contributed by atoms with Crippen molar-refractivity contribution in [3.8, 4) is 0 Å². The van der Waals surface area contributed by atoms with Crippen molar-refractivity contribution in [2.75, 3.05) is 13.6 Å². The van der Waals surface area contributed by atoms with E-state index >= 15 is 0 Å². The maximum Gasteiger partial charge on any atom is 0.0261 e. The van der Waals surface area contributed by atoms with Gasteiger partial charge >= 0.3 is 0 Å². The van der Waals surface area contributed by atoms with Crippen LogP contribution in [0.1, 0.15) is 26.2 Å². The first-order chi connectivity index (χ1) is 6.20. The smallest absolute Gasteiger partial charge is 0.0261 e. The monoisotopic (exact) mass is 182 g/mol. The molecule has 0 amide bonds. The van der Waals surface area contributed by atoms with Crippen LogP contribution < -0.4 is 11.1 Å². The Morgan fingerprint density at radius 1 is 1.54 bits per heavy atom. The molecular weight excluding hydrogens is 160 g/mol. The quantitative estimate of drug-likeness (QED) is 0.467. The van der Waals surface area contributed by atoms with Crippen LogP contribution >= 0.6 is 0 Å². The predicted molar refractivity (Wildman–Crippen MR) is 59.4 cm³/mol. The first-order valence-electron chi connectivity index (χ1n) is 4.95. The zero-order chi connectivity index (χ0) is 10.1. The molecule has 76 valence electrons. The molecule has 0 aromatic rings. The van der Waals surface area contributed by atoms with Crippen LogP contribution in [-0.4, -0.2) is 13.6 Å². The van der Waals surface area contributed by atoms with Gasteiger partial charge in [-0.3, -0.25) is 0 Å². The van der Waals surface area contributed by atoms with Gasteiger partial charge in [0.25, 0.3) is 0 Å². The molecular formula is C11H22N2. The van der Waals surface area contributed by atoms with Crippen LogP contribution in [-0.2, 0) is 0 Å². The zero-order valence-electron chi connectivity index (χ0n) is 8.84. The van der Waals surface area contributed by atoms with E-state index in [1.54, 1.807) is 0 Å². The van der Waals surface area contributed by atoms with Crippen LogP contribution in [0.4, 0.5) is 0 Å². The maximum atomic E-state index is 5.42. The second-order valence-corrected chi connectivity index (χ2v) is 3.40. The SMILES string of the molecule is C=C(/C=C\C(C)CCCCN)NC. The van der Waals surface area contributed by atoms with Crippen molar-refractivity contribution in [1.29, 1.82) is 0 Å². The van der Waals surface area contributed by atoms with Gasteiger partial charge in [0, 0.05) is 12.7 Å². The van der Waals surface area contributed by atoms with Crippen molar-refractivity contribution in [3.63, 3.8) is 0 Å². The summed E-state index contributed by atoms with van der Waals surface area (Å²) in [6.07, 6.45) is 7.78. The van der Waals surface area contributed by atoms with Gasteiger partial charge in [0.05, 0.1) is 0 Å². The third-order valence-corrected chi connectivity index (χ3v) is 2.06. The standard InChI is InChI=1S/C11H22N2/c1-10(6-4-5-9-12)7-8-11(2)13-3/h7-8,10,13H,2,4-6,9,12H2,1,3H3/b8-7-. The molecule has 0 radical (unpaired) electrons. The number of rotatable bonds is 7. The van der Waals surface area contributed by atoms with Crippen molar-refractivity contribution in [1.82, 2.24) is 5.32 Å². The lowest BCUT2D eigenvalue weighted by molar-refractivity contribution is 0.585. The number of nitrogens with two attached hydrogens (primary N) is 1. The Labute approximate surface area is 81.9 Å².